The van der Waals surface area contributed by atoms with Crippen molar-refractivity contribution in [1.82, 2.24) is 4.98 Å². The molecule has 0 unspecified atom stereocenters. The predicted octanol–water partition coefficient (Wildman–Crippen LogP) is 2.30. The van der Waals surface area contributed by atoms with Crippen LogP contribution in [0.15, 0.2) is 36.7 Å². The van der Waals surface area contributed by atoms with Crippen LogP contribution < -0.4 is 15.4 Å². The summed E-state index contributed by atoms with van der Waals surface area (Å²) in [6.45, 7) is 0. The summed E-state index contributed by atoms with van der Waals surface area (Å²) < 4.78 is 40.7. The first kappa shape index (κ1) is 15.8. The number of ether oxygens (including phenoxy) is 1. The van der Waals surface area contributed by atoms with Crippen molar-refractivity contribution < 1.29 is 27.5 Å². The number of hydrogen-bond acceptors (Lipinski definition) is 4. The zero-order valence-corrected chi connectivity index (χ0v) is 12.0. The molecule has 1 aromatic heterocycles. The van der Waals surface area contributed by atoms with Crippen LogP contribution in [0.2, 0.25) is 0 Å². The number of nitrogens with zero attached hydrogens (tertiary/aromatic N) is 2. The summed E-state index contributed by atoms with van der Waals surface area (Å²) in [5.41, 5.74) is 6.58. The summed E-state index contributed by atoms with van der Waals surface area (Å²) in [7, 11) is 0. The van der Waals surface area contributed by atoms with Gasteiger partial charge in [-0.3, -0.25) is 19.5 Å². The van der Waals surface area contributed by atoms with Crippen molar-refractivity contribution in [3.05, 3.63) is 47.8 Å². The van der Waals surface area contributed by atoms with Crippen LogP contribution in [0.3, 0.4) is 0 Å². The quantitative estimate of drug-likeness (QED) is 0.931. The summed E-state index contributed by atoms with van der Waals surface area (Å²) in [6, 6.07) is 5.50. The average molecular weight is 337 g/mol. The maximum atomic E-state index is 12.3. The number of fused-ring (bicyclic) bond motifs is 1. The molecule has 2 N–H and O–H groups in total. The SMILES string of the molecule is NC(=O)c1ccc2c(c1)CC(=O)N2c1cncc(OC(F)(F)F)c1. The van der Waals surface area contributed by atoms with E-state index < -0.39 is 18.0 Å². The number of hydrogen-bond donors (Lipinski definition) is 1. The zero-order valence-electron chi connectivity index (χ0n) is 12.0. The van der Waals surface area contributed by atoms with Gasteiger partial charge in [-0.1, -0.05) is 0 Å². The highest BCUT2D eigenvalue weighted by Crippen LogP contribution is 2.37. The second kappa shape index (κ2) is 5.52. The lowest BCUT2D eigenvalue weighted by atomic mass is 10.1. The monoisotopic (exact) mass is 337 g/mol. The van der Waals surface area contributed by atoms with Crippen LogP contribution >= 0.6 is 0 Å². The maximum Gasteiger partial charge on any atom is 0.573 e. The third-order valence-corrected chi connectivity index (χ3v) is 3.39. The smallest absolute Gasteiger partial charge is 0.404 e. The molecule has 1 aliphatic rings. The van der Waals surface area contributed by atoms with Gasteiger partial charge in [0, 0.05) is 11.6 Å². The molecule has 24 heavy (non-hydrogen) atoms. The summed E-state index contributed by atoms with van der Waals surface area (Å²) in [4.78, 5) is 28.3. The minimum atomic E-state index is -4.86. The Balaban J connectivity index is 1.98. The second-order valence-electron chi connectivity index (χ2n) is 5.04. The van der Waals surface area contributed by atoms with Gasteiger partial charge in [0.25, 0.3) is 0 Å². The van der Waals surface area contributed by atoms with Gasteiger partial charge in [-0.15, -0.1) is 13.2 Å². The lowest BCUT2D eigenvalue weighted by molar-refractivity contribution is -0.274. The van der Waals surface area contributed by atoms with Crippen LogP contribution in [0.1, 0.15) is 15.9 Å². The summed E-state index contributed by atoms with van der Waals surface area (Å²) in [6.07, 6.45) is -2.71. The van der Waals surface area contributed by atoms with Gasteiger partial charge in [-0.25, -0.2) is 0 Å². The number of pyridine rings is 1. The Morgan fingerprint density at radius 1 is 1.25 bits per heavy atom. The molecule has 2 heterocycles. The van der Waals surface area contributed by atoms with Gasteiger partial charge in [0.1, 0.15) is 5.75 Å². The zero-order chi connectivity index (χ0) is 17.5. The molecule has 0 fully saturated rings. The Morgan fingerprint density at radius 2 is 2.00 bits per heavy atom. The number of halogens is 3. The van der Waals surface area contributed by atoms with Crippen LogP contribution in [0.4, 0.5) is 24.5 Å². The number of amides is 2. The van der Waals surface area contributed by atoms with E-state index in [0.29, 0.717) is 11.3 Å². The van der Waals surface area contributed by atoms with Crippen molar-refractivity contribution >= 4 is 23.2 Å². The molecular formula is C15H10F3N3O3. The van der Waals surface area contributed by atoms with E-state index in [0.717, 1.165) is 12.3 Å². The van der Waals surface area contributed by atoms with Crippen molar-refractivity contribution in [2.24, 2.45) is 5.73 Å². The number of carbonyl (C=O) groups is 2. The van der Waals surface area contributed by atoms with Crippen LogP contribution in [0, 0.1) is 0 Å². The molecule has 124 valence electrons. The fraction of sp³-hybridized carbons (Fsp3) is 0.133. The molecule has 9 heteroatoms. The average Bonchev–Trinajstić information content (AvgIpc) is 2.80. The summed E-state index contributed by atoms with van der Waals surface area (Å²) >= 11 is 0. The first-order valence-electron chi connectivity index (χ1n) is 6.71. The molecule has 1 aliphatic heterocycles. The van der Waals surface area contributed by atoms with Crippen molar-refractivity contribution in [2.45, 2.75) is 12.8 Å². The lowest BCUT2D eigenvalue weighted by Gasteiger charge is -2.18. The molecule has 3 rings (SSSR count). The number of primary amides is 1. The highest BCUT2D eigenvalue weighted by molar-refractivity contribution is 6.08. The van der Waals surface area contributed by atoms with Gasteiger partial charge in [-0.05, 0) is 23.8 Å². The van der Waals surface area contributed by atoms with E-state index in [9.17, 15) is 22.8 Å². The number of benzene rings is 1. The number of alkyl halides is 3. The van der Waals surface area contributed by atoms with E-state index in [1.807, 2.05) is 0 Å². The van der Waals surface area contributed by atoms with Gasteiger partial charge in [0.2, 0.25) is 11.8 Å². The Kier molecular flexibility index (Phi) is 3.63. The molecule has 2 amide bonds. The van der Waals surface area contributed by atoms with E-state index in [1.165, 1.54) is 29.3 Å². The number of aromatic nitrogens is 1. The van der Waals surface area contributed by atoms with Crippen molar-refractivity contribution in [2.75, 3.05) is 4.90 Å². The first-order valence-corrected chi connectivity index (χ1v) is 6.71. The molecule has 0 saturated carbocycles. The van der Waals surface area contributed by atoms with E-state index in [2.05, 4.69) is 9.72 Å². The van der Waals surface area contributed by atoms with Gasteiger partial charge >= 0.3 is 6.36 Å². The number of nitrogens with two attached hydrogens (primary N) is 1. The minimum absolute atomic E-state index is 0.000803. The third-order valence-electron chi connectivity index (χ3n) is 3.39. The molecule has 1 aromatic carbocycles. The summed E-state index contributed by atoms with van der Waals surface area (Å²) in [5.74, 6) is -1.53. The molecular weight excluding hydrogens is 327 g/mol. The lowest BCUT2D eigenvalue weighted by Crippen LogP contribution is -2.22. The van der Waals surface area contributed by atoms with E-state index >= 15 is 0 Å². The molecule has 0 atom stereocenters. The fourth-order valence-corrected chi connectivity index (χ4v) is 2.48. The Labute approximate surface area is 133 Å². The van der Waals surface area contributed by atoms with Crippen LogP contribution in [0.5, 0.6) is 5.75 Å². The molecule has 0 aliphatic carbocycles. The highest BCUT2D eigenvalue weighted by Gasteiger charge is 2.33. The van der Waals surface area contributed by atoms with Gasteiger partial charge in [-0.2, -0.15) is 0 Å². The Hall–Kier alpha value is -3.10. The van der Waals surface area contributed by atoms with Gasteiger partial charge in [0.05, 0.1) is 30.2 Å². The van der Waals surface area contributed by atoms with E-state index in [-0.39, 0.29) is 23.6 Å². The van der Waals surface area contributed by atoms with Crippen LogP contribution in [-0.4, -0.2) is 23.2 Å². The molecule has 0 saturated heterocycles. The standard InChI is InChI=1S/C15H10F3N3O3/c16-15(17,18)24-11-5-10(6-20-7-11)21-12-2-1-8(14(19)23)3-9(12)4-13(21)22/h1-3,5-7H,4H2,(H2,19,23). The summed E-state index contributed by atoms with van der Waals surface area (Å²) in [5, 5.41) is 0. The van der Waals surface area contributed by atoms with Crippen molar-refractivity contribution in [1.29, 1.82) is 0 Å². The third kappa shape index (κ3) is 3.00. The first-order chi connectivity index (χ1) is 11.2. The molecule has 0 bridgehead atoms. The molecule has 0 radical (unpaired) electrons. The van der Waals surface area contributed by atoms with Crippen LogP contribution in [-0.2, 0) is 11.2 Å². The second-order valence-corrected chi connectivity index (χ2v) is 5.04. The highest BCUT2D eigenvalue weighted by atomic mass is 19.4. The Morgan fingerprint density at radius 3 is 2.67 bits per heavy atom. The molecule has 0 spiro atoms. The number of rotatable bonds is 3. The number of carbonyl (C=O) groups excluding carboxylic acids is 2. The molecule has 6 nitrogen and oxygen atoms in total. The van der Waals surface area contributed by atoms with Gasteiger partial charge in [0.15, 0.2) is 0 Å². The Bertz CT molecular complexity index is 836. The van der Waals surface area contributed by atoms with Gasteiger partial charge < -0.3 is 10.5 Å². The van der Waals surface area contributed by atoms with Crippen molar-refractivity contribution in [3.63, 3.8) is 0 Å². The fourth-order valence-electron chi connectivity index (χ4n) is 2.48. The van der Waals surface area contributed by atoms with Crippen molar-refractivity contribution in [3.8, 4) is 5.75 Å². The largest absolute Gasteiger partial charge is 0.573 e. The van der Waals surface area contributed by atoms with E-state index in [4.69, 9.17) is 5.73 Å². The number of anilines is 2. The maximum absolute atomic E-state index is 12.3. The van der Waals surface area contributed by atoms with Crippen LogP contribution in [0.25, 0.3) is 0 Å². The topological polar surface area (TPSA) is 85.5 Å². The van der Waals surface area contributed by atoms with E-state index in [1.54, 1.807) is 0 Å². The predicted molar refractivity (Wildman–Crippen MR) is 76.7 cm³/mol. The minimum Gasteiger partial charge on any atom is -0.404 e. The molecule has 2 aromatic rings. The normalized spacial score (nSPS) is 13.8.